The molecule has 3 aliphatic rings. The Labute approximate surface area is 189 Å². The Kier molecular flexibility index (Phi) is 5.99. The number of Topliss-reactive ketones (excluding diaryl/α,β-unsaturated/α-hetero) is 1. The summed E-state index contributed by atoms with van der Waals surface area (Å²) in [6.07, 6.45) is 4.37. The molecule has 2 aliphatic heterocycles. The van der Waals surface area contributed by atoms with Gasteiger partial charge in [0.2, 0.25) is 0 Å². The summed E-state index contributed by atoms with van der Waals surface area (Å²) in [7, 11) is 0. The van der Waals surface area contributed by atoms with Crippen LogP contribution in [0.5, 0.6) is 0 Å². The Morgan fingerprint density at radius 1 is 1.28 bits per heavy atom. The van der Waals surface area contributed by atoms with E-state index < -0.39 is 23.2 Å². The van der Waals surface area contributed by atoms with Crippen molar-refractivity contribution < 1.29 is 33.0 Å². The first kappa shape index (κ1) is 23.0. The molecule has 0 radical (unpaired) electrons. The first-order chi connectivity index (χ1) is 15.1. The van der Waals surface area contributed by atoms with Gasteiger partial charge in [0.25, 0.3) is 0 Å². The number of hydrogen-bond acceptors (Lipinski definition) is 7. The maximum atomic E-state index is 13.4. The van der Waals surface area contributed by atoms with Crippen LogP contribution in [0, 0.1) is 23.2 Å². The minimum atomic E-state index is -0.971. The van der Waals surface area contributed by atoms with Crippen LogP contribution >= 0.6 is 0 Å². The van der Waals surface area contributed by atoms with Gasteiger partial charge in [0.15, 0.2) is 17.5 Å². The molecular weight excluding hydrogens is 412 g/mol. The molecule has 3 heterocycles. The number of ether oxygens (including phenoxy) is 3. The molecule has 0 N–H and O–H groups in total. The van der Waals surface area contributed by atoms with Gasteiger partial charge in [-0.15, -0.1) is 0 Å². The van der Waals surface area contributed by atoms with Gasteiger partial charge in [-0.2, -0.15) is 0 Å². The van der Waals surface area contributed by atoms with Gasteiger partial charge in [0.1, 0.15) is 6.10 Å². The highest BCUT2D eigenvalue weighted by Crippen LogP contribution is 2.57. The molecule has 1 aromatic rings. The van der Waals surface area contributed by atoms with Gasteiger partial charge in [-0.05, 0) is 44.1 Å². The zero-order valence-corrected chi connectivity index (χ0v) is 19.6. The van der Waals surface area contributed by atoms with Crippen molar-refractivity contribution in [2.45, 2.75) is 90.6 Å². The molecule has 0 bridgehead atoms. The molecule has 7 heteroatoms. The fourth-order valence-electron chi connectivity index (χ4n) is 5.31. The number of ketones is 1. The molecule has 0 unspecified atom stereocenters. The van der Waals surface area contributed by atoms with Crippen molar-refractivity contribution in [3.63, 3.8) is 0 Å². The van der Waals surface area contributed by atoms with Crippen molar-refractivity contribution in [1.82, 2.24) is 0 Å². The van der Waals surface area contributed by atoms with Crippen LogP contribution in [0.25, 0.3) is 0 Å². The van der Waals surface area contributed by atoms with Crippen LogP contribution < -0.4 is 0 Å². The zero-order chi connectivity index (χ0) is 23.3. The van der Waals surface area contributed by atoms with E-state index in [9.17, 15) is 14.4 Å². The first-order valence-corrected chi connectivity index (χ1v) is 11.8. The average Bonchev–Trinajstić information content (AvgIpc) is 3.20. The maximum absolute atomic E-state index is 13.4. The fourth-order valence-corrected chi connectivity index (χ4v) is 5.31. The van der Waals surface area contributed by atoms with Crippen molar-refractivity contribution in [3.05, 3.63) is 24.2 Å². The van der Waals surface area contributed by atoms with E-state index in [1.54, 1.807) is 18.6 Å². The molecule has 1 aliphatic carbocycles. The molecule has 2 saturated heterocycles. The van der Waals surface area contributed by atoms with E-state index >= 15 is 0 Å². The second-order valence-electron chi connectivity index (χ2n) is 10.4. The highest BCUT2D eigenvalue weighted by atomic mass is 16.7. The summed E-state index contributed by atoms with van der Waals surface area (Å²) < 4.78 is 22.8. The van der Waals surface area contributed by atoms with Crippen LogP contribution in [0.1, 0.15) is 78.4 Å². The summed E-state index contributed by atoms with van der Waals surface area (Å²) in [5.74, 6) is -1.24. The van der Waals surface area contributed by atoms with Gasteiger partial charge in [-0.3, -0.25) is 9.59 Å². The SMILES string of the molecule is CC[C@@H](C)C(=O)O[C@H]1C[C@@H](C)[C@@H]2C[C@H](c3ccoc3)OC(=O)[C@]23O[C@H]3CCC(C)(C)C1=O. The summed E-state index contributed by atoms with van der Waals surface area (Å²) >= 11 is 0. The third-order valence-electron chi connectivity index (χ3n) is 7.80. The van der Waals surface area contributed by atoms with E-state index in [1.165, 1.54) is 0 Å². The maximum Gasteiger partial charge on any atom is 0.342 e. The summed E-state index contributed by atoms with van der Waals surface area (Å²) in [4.78, 5) is 39.2. The third kappa shape index (κ3) is 3.89. The number of cyclic esters (lactones) is 1. The fraction of sp³-hybridized carbons (Fsp3) is 0.720. The molecule has 0 aromatic carbocycles. The predicted octanol–water partition coefficient (Wildman–Crippen LogP) is 4.39. The highest BCUT2D eigenvalue weighted by Gasteiger charge is 2.71. The Balaban J connectivity index is 1.63. The van der Waals surface area contributed by atoms with Crippen molar-refractivity contribution in [3.8, 4) is 0 Å². The van der Waals surface area contributed by atoms with E-state index in [4.69, 9.17) is 18.6 Å². The minimum Gasteiger partial charge on any atom is -0.472 e. The van der Waals surface area contributed by atoms with E-state index in [0.717, 1.165) is 5.56 Å². The molecule has 3 fully saturated rings. The van der Waals surface area contributed by atoms with Gasteiger partial charge in [0.05, 0.1) is 24.5 Å². The molecule has 1 aromatic heterocycles. The van der Waals surface area contributed by atoms with Crippen LogP contribution in [0.2, 0.25) is 0 Å². The largest absolute Gasteiger partial charge is 0.472 e. The van der Waals surface area contributed by atoms with E-state index in [1.807, 2.05) is 34.6 Å². The van der Waals surface area contributed by atoms with Crippen LogP contribution in [0.4, 0.5) is 0 Å². The summed E-state index contributed by atoms with van der Waals surface area (Å²) in [5.41, 5.74) is -0.842. The third-order valence-corrected chi connectivity index (χ3v) is 7.80. The quantitative estimate of drug-likeness (QED) is 0.500. The average molecular weight is 447 g/mol. The molecule has 1 saturated carbocycles. The van der Waals surface area contributed by atoms with Crippen LogP contribution in [-0.2, 0) is 28.6 Å². The van der Waals surface area contributed by atoms with Gasteiger partial charge >= 0.3 is 11.9 Å². The Hall–Kier alpha value is -2.15. The monoisotopic (exact) mass is 446 g/mol. The van der Waals surface area contributed by atoms with Gasteiger partial charge in [-0.1, -0.05) is 34.6 Å². The highest BCUT2D eigenvalue weighted by molar-refractivity contribution is 5.90. The standard InChI is InChI=1S/C25H34O7/c1-6-14(2)22(27)30-19-11-15(3)17-12-18(16-8-10-29-13-16)31-23(28)25(17)20(32-25)7-9-24(4,5)21(19)26/h8,10,13-15,17-20H,6-7,9,11-12H2,1-5H3/t14-,15-,17+,18-,19+,20+,25+/m1/s1. The van der Waals surface area contributed by atoms with Gasteiger partial charge < -0.3 is 18.6 Å². The zero-order valence-electron chi connectivity index (χ0n) is 19.6. The second kappa shape index (κ2) is 8.32. The van der Waals surface area contributed by atoms with Crippen molar-refractivity contribution in [2.75, 3.05) is 0 Å². The Morgan fingerprint density at radius 2 is 2.03 bits per heavy atom. The lowest BCUT2D eigenvalue weighted by Crippen LogP contribution is -2.49. The number of esters is 2. The summed E-state index contributed by atoms with van der Waals surface area (Å²) in [5, 5.41) is 0. The molecule has 7 atom stereocenters. The van der Waals surface area contributed by atoms with E-state index in [0.29, 0.717) is 32.1 Å². The number of carbonyl (C=O) groups excluding carboxylic acids is 3. The lowest BCUT2D eigenvalue weighted by atomic mass is 9.68. The Bertz CT molecular complexity index is 873. The smallest absolute Gasteiger partial charge is 0.342 e. The first-order valence-electron chi connectivity index (χ1n) is 11.8. The topological polar surface area (TPSA) is 95.3 Å². The number of rotatable bonds is 4. The van der Waals surface area contributed by atoms with Crippen LogP contribution in [-0.4, -0.2) is 35.5 Å². The summed E-state index contributed by atoms with van der Waals surface area (Å²) in [6, 6.07) is 1.80. The number of epoxide rings is 1. The minimum absolute atomic E-state index is 0.0566. The number of carbonyl (C=O) groups is 3. The number of furan rings is 1. The summed E-state index contributed by atoms with van der Waals surface area (Å²) in [6.45, 7) is 9.51. The van der Waals surface area contributed by atoms with Gasteiger partial charge in [-0.25, -0.2) is 4.79 Å². The normalized spacial score (nSPS) is 37.5. The lowest BCUT2D eigenvalue weighted by molar-refractivity contribution is -0.173. The molecule has 176 valence electrons. The molecule has 4 rings (SSSR count). The van der Waals surface area contributed by atoms with Crippen molar-refractivity contribution in [1.29, 1.82) is 0 Å². The van der Waals surface area contributed by atoms with Crippen molar-refractivity contribution >= 4 is 17.7 Å². The van der Waals surface area contributed by atoms with Crippen LogP contribution in [0.3, 0.4) is 0 Å². The lowest BCUT2D eigenvalue weighted by Gasteiger charge is -2.39. The molecular formula is C25H34O7. The van der Waals surface area contributed by atoms with Crippen LogP contribution in [0.15, 0.2) is 23.0 Å². The second-order valence-corrected chi connectivity index (χ2v) is 10.4. The molecule has 0 amide bonds. The van der Waals surface area contributed by atoms with E-state index in [2.05, 4.69) is 0 Å². The molecule has 7 nitrogen and oxygen atoms in total. The number of hydrogen-bond donors (Lipinski definition) is 0. The molecule has 1 spiro atoms. The van der Waals surface area contributed by atoms with Gasteiger partial charge in [0, 0.05) is 16.9 Å². The predicted molar refractivity (Wildman–Crippen MR) is 114 cm³/mol. The van der Waals surface area contributed by atoms with E-state index in [-0.39, 0.29) is 41.6 Å². The molecule has 32 heavy (non-hydrogen) atoms. The van der Waals surface area contributed by atoms with Crippen molar-refractivity contribution in [2.24, 2.45) is 23.2 Å². The Morgan fingerprint density at radius 3 is 2.69 bits per heavy atom.